The Bertz CT molecular complexity index is 1450. The molecule has 1 spiro atoms. The summed E-state index contributed by atoms with van der Waals surface area (Å²) in [4.78, 5) is 48.5. The molecule has 1 unspecified atom stereocenters. The lowest BCUT2D eigenvalue weighted by Crippen LogP contribution is -2.57. The Kier molecular flexibility index (Phi) is 7.00. The van der Waals surface area contributed by atoms with Crippen LogP contribution in [-0.4, -0.2) is 81.4 Å². The molecule has 0 radical (unpaired) electrons. The number of benzene rings is 2. The number of nitrogens with one attached hydrogen (secondary N) is 3. The van der Waals surface area contributed by atoms with Crippen LogP contribution in [0, 0.1) is 6.92 Å². The number of likely N-dealkylation sites (tertiary alicyclic amines) is 2. The number of carbonyl (C=O) groups excluding carboxylic acids is 3. The molecule has 10 nitrogen and oxygen atoms in total. The van der Waals surface area contributed by atoms with Crippen molar-refractivity contribution >= 4 is 34.6 Å². The quantitative estimate of drug-likeness (QED) is 0.460. The van der Waals surface area contributed by atoms with E-state index >= 15 is 0 Å². The largest absolute Gasteiger partial charge is 0.341 e. The van der Waals surface area contributed by atoms with Crippen LogP contribution in [0.25, 0.3) is 10.9 Å². The summed E-state index contributed by atoms with van der Waals surface area (Å²) in [6.07, 6.45) is 6.12. The Hall–Kier alpha value is -4.21. The third kappa shape index (κ3) is 5.05. The first-order valence-electron chi connectivity index (χ1n) is 14.2. The van der Waals surface area contributed by atoms with E-state index in [0.29, 0.717) is 51.3 Å². The van der Waals surface area contributed by atoms with E-state index in [1.54, 1.807) is 11.1 Å². The Morgan fingerprint density at radius 2 is 1.77 bits per heavy atom. The number of aromatic nitrogens is 2. The molecule has 4 amide bonds. The van der Waals surface area contributed by atoms with Crippen LogP contribution in [-0.2, 0) is 16.0 Å². The minimum Gasteiger partial charge on any atom is -0.341 e. The number of hydrogen-bond donors (Lipinski definition) is 3. The number of fused-ring (bicyclic) bond motifs is 1. The predicted molar refractivity (Wildman–Crippen MR) is 152 cm³/mol. The molecule has 40 heavy (non-hydrogen) atoms. The van der Waals surface area contributed by atoms with Crippen LogP contribution in [0.5, 0.6) is 0 Å². The topological polar surface area (TPSA) is 123 Å². The van der Waals surface area contributed by atoms with Gasteiger partial charge in [-0.15, -0.1) is 0 Å². The third-order valence-electron chi connectivity index (χ3n) is 8.41. The summed E-state index contributed by atoms with van der Waals surface area (Å²) in [5.74, 6) is 0.425. The number of hydrogen-bond acceptors (Lipinski definition) is 5. The molecule has 4 heterocycles. The number of amides is 4. The highest BCUT2D eigenvalue weighted by atomic mass is 16.2. The monoisotopic (exact) mass is 541 g/mol. The summed E-state index contributed by atoms with van der Waals surface area (Å²) in [5.41, 5.74) is 3.01. The van der Waals surface area contributed by atoms with Gasteiger partial charge in [-0.25, -0.2) is 4.79 Å². The maximum atomic E-state index is 13.6. The average molecular weight is 542 g/mol. The normalized spacial score (nSPS) is 19.4. The zero-order chi connectivity index (χ0) is 27.7. The number of nitrogens with zero attached hydrogens (tertiary/aromatic N) is 4. The molecule has 1 atom stereocenters. The van der Waals surface area contributed by atoms with Crippen molar-refractivity contribution in [2.45, 2.75) is 57.0 Å². The zero-order valence-electron chi connectivity index (χ0n) is 22.8. The summed E-state index contributed by atoms with van der Waals surface area (Å²) >= 11 is 0. The highest BCUT2D eigenvalue weighted by Gasteiger charge is 2.46. The Morgan fingerprint density at radius 3 is 2.52 bits per heavy atom. The van der Waals surface area contributed by atoms with Crippen LogP contribution in [0.15, 0.2) is 53.7 Å². The van der Waals surface area contributed by atoms with Crippen molar-refractivity contribution in [3.8, 4) is 0 Å². The molecule has 0 bridgehead atoms. The minimum atomic E-state index is -0.859. The maximum Gasteiger partial charge on any atom is 0.318 e. The molecule has 0 aliphatic carbocycles. The highest BCUT2D eigenvalue weighted by molar-refractivity contribution is 6.15. The van der Waals surface area contributed by atoms with Gasteiger partial charge in [0.2, 0.25) is 5.91 Å². The van der Waals surface area contributed by atoms with Crippen LogP contribution in [0.1, 0.15) is 48.8 Å². The van der Waals surface area contributed by atoms with Gasteiger partial charge in [0.05, 0.1) is 11.7 Å². The molecule has 2 fully saturated rings. The van der Waals surface area contributed by atoms with Crippen molar-refractivity contribution in [2.24, 2.45) is 4.99 Å². The van der Waals surface area contributed by atoms with E-state index < -0.39 is 11.6 Å². The first-order valence-corrected chi connectivity index (χ1v) is 14.2. The van der Waals surface area contributed by atoms with Gasteiger partial charge in [0.1, 0.15) is 17.4 Å². The van der Waals surface area contributed by atoms with Gasteiger partial charge >= 0.3 is 6.03 Å². The molecular weight excluding hydrogens is 506 g/mol. The summed E-state index contributed by atoms with van der Waals surface area (Å²) in [7, 11) is 0. The van der Waals surface area contributed by atoms with Gasteiger partial charge in [0.25, 0.3) is 5.91 Å². The third-order valence-corrected chi connectivity index (χ3v) is 8.41. The predicted octanol–water partition coefficient (Wildman–Crippen LogP) is 2.92. The second kappa shape index (κ2) is 10.7. The lowest BCUT2D eigenvalue weighted by molar-refractivity contribution is -0.134. The van der Waals surface area contributed by atoms with Crippen molar-refractivity contribution < 1.29 is 14.4 Å². The van der Waals surface area contributed by atoms with E-state index in [-0.39, 0.29) is 17.8 Å². The van der Waals surface area contributed by atoms with Gasteiger partial charge < -0.3 is 20.4 Å². The number of carbonyl (C=O) groups is 3. The molecular formula is C30H35N7O3. The molecule has 3 aliphatic rings. The molecule has 3 aromatic rings. The molecule has 2 saturated heterocycles. The summed E-state index contributed by atoms with van der Waals surface area (Å²) in [5, 5.41) is 14.1. The van der Waals surface area contributed by atoms with Crippen LogP contribution in [0.2, 0.25) is 0 Å². The van der Waals surface area contributed by atoms with Crippen molar-refractivity contribution in [3.63, 3.8) is 0 Å². The molecule has 3 aliphatic heterocycles. The number of amidine groups is 1. The van der Waals surface area contributed by atoms with Gasteiger partial charge in [-0.05, 0) is 56.2 Å². The van der Waals surface area contributed by atoms with E-state index in [0.717, 1.165) is 46.9 Å². The number of H-pyrrole nitrogens is 1. The molecule has 3 N–H and O–H groups in total. The molecule has 10 heteroatoms. The fourth-order valence-electron chi connectivity index (χ4n) is 6.11. The fourth-order valence-corrected chi connectivity index (χ4v) is 6.11. The SMILES string of the molecule is Cc1cc(CC(NC(=O)N2CCC3(CC2)N=C(c2ccccc2)NC3=O)C(=O)N2CCCCC2)cc2cn[nH]c12. The second-order valence-electron chi connectivity index (χ2n) is 11.1. The van der Waals surface area contributed by atoms with Crippen molar-refractivity contribution in [1.82, 2.24) is 30.6 Å². The second-order valence-corrected chi connectivity index (χ2v) is 11.1. The molecule has 2 aromatic carbocycles. The highest BCUT2D eigenvalue weighted by Crippen LogP contribution is 2.31. The van der Waals surface area contributed by atoms with Gasteiger partial charge in [-0.3, -0.25) is 19.7 Å². The smallest absolute Gasteiger partial charge is 0.318 e. The van der Waals surface area contributed by atoms with Crippen LogP contribution in [0.4, 0.5) is 4.79 Å². The lowest BCUT2D eigenvalue weighted by Gasteiger charge is -2.37. The van der Waals surface area contributed by atoms with E-state index in [2.05, 4.69) is 26.9 Å². The summed E-state index contributed by atoms with van der Waals surface area (Å²) in [6, 6.07) is 12.7. The number of urea groups is 1. The standard InChI is InChI=1S/C30H35N7O3/c1-20-16-21(17-23-19-31-35-25(20)23)18-24(27(38)36-12-6-3-7-13-36)32-29(40)37-14-10-30(11-15-37)28(39)33-26(34-30)22-8-4-2-5-9-22/h2,4-5,8-9,16-17,19,24H,3,6-7,10-15,18H2,1H3,(H,31,35)(H,32,40)(H,33,34,39). The minimum absolute atomic E-state index is 0.0428. The first kappa shape index (κ1) is 26.0. The lowest BCUT2D eigenvalue weighted by atomic mass is 9.88. The first-order chi connectivity index (χ1) is 19.4. The van der Waals surface area contributed by atoms with E-state index in [1.807, 2.05) is 48.2 Å². The van der Waals surface area contributed by atoms with Crippen molar-refractivity contribution in [3.05, 3.63) is 65.4 Å². The van der Waals surface area contributed by atoms with Gasteiger partial charge in [-0.1, -0.05) is 36.4 Å². The van der Waals surface area contributed by atoms with Gasteiger partial charge in [0.15, 0.2) is 0 Å². The van der Waals surface area contributed by atoms with E-state index in [4.69, 9.17) is 4.99 Å². The number of aromatic amines is 1. The Labute approximate surface area is 233 Å². The summed E-state index contributed by atoms with van der Waals surface area (Å²) in [6.45, 7) is 4.21. The van der Waals surface area contributed by atoms with Crippen molar-refractivity contribution in [1.29, 1.82) is 0 Å². The van der Waals surface area contributed by atoms with Crippen molar-refractivity contribution in [2.75, 3.05) is 26.2 Å². The number of piperidine rings is 2. The van der Waals surface area contributed by atoms with Crippen LogP contribution < -0.4 is 10.6 Å². The van der Waals surface area contributed by atoms with Crippen LogP contribution in [0.3, 0.4) is 0 Å². The Morgan fingerprint density at radius 1 is 1.02 bits per heavy atom. The summed E-state index contributed by atoms with van der Waals surface area (Å²) < 4.78 is 0. The average Bonchev–Trinajstić information content (AvgIpc) is 3.58. The number of aliphatic imine (C=N–C) groups is 1. The van der Waals surface area contributed by atoms with Gasteiger partial charge in [0, 0.05) is 43.5 Å². The maximum absolute atomic E-state index is 13.6. The molecule has 6 rings (SSSR count). The zero-order valence-corrected chi connectivity index (χ0v) is 22.8. The van der Waals surface area contributed by atoms with E-state index in [1.165, 1.54) is 0 Å². The fraction of sp³-hybridized carbons (Fsp3) is 0.433. The Balaban J connectivity index is 1.16. The number of rotatable bonds is 5. The van der Waals surface area contributed by atoms with E-state index in [9.17, 15) is 14.4 Å². The number of aryl methyl sites for hydroxylation is 1. The molecule has 208 valence electrons. The van der Waals surface area contributed by atoms with Gasteiger partial charge in [-0.2, -0.15) is 5.10 Å². The van der Waals surface area contributed by atoms with Crippen LogP contribution >= 0.6 is 0 Å². The molecule has 1 aromatic heterocycles. The molecule has 0 saturated carbocycles.